The van der Waals surface area contributed by atoms with Crippen LogP contribution in [0.2, 0.25) is 0 Å². The predicted octanol–water partition coefficient (Wildman–Crippen LogP) is 11.8. The monoisotopic (exact) mass is 1800 g/mol. The van der Waals surface area contributed by atoms with E-state index in [1.165, 1.54) is 12.8 Å². The molecule has 111 heavy (non-hydrogen) atoms. The molecule has 0 heterocycles. The van der Waals surface area contributed by atoms with Crippen molar-refractivity contribution in [3.05, 3.63) is 29.8 Å². The zero-order valence-corrected chi connectivity index (χ0v) is 68.3. The van der Waals surface area contributed by atoms with E-state index < -0.39 is 184 Å². The lowest BCUT2D eigenvalue weighted by atomic mass is 9.87. The molecule has 24 nitrogen and oxygen atoms in total. The van der Waals surface area contributed by atoms with Crippen molar-refractivity contribution in [1.82, 2.24) is 16.0 Å². The molecule has 4 N–H and O–H groups in total. The molecule has 0 radical (unpaired) electrons. The smallest absolute Gasteiger partial charge is 0.359 e. The first-order valence-corrected chi connectivity index (χ1v) is 47.3. The van der Waals surface area contributed by atoms with E-state index in [1.54, 1.807) is 41.8 Å². The van der Waals surface area contributed by atoms with Crippen LogP contribution in [-0.4, -0.2) is 170 Å². The third-order valence-electron chi connectivity index (χ3n) is 19.9. The van der Waals surface area contributed by atoms with Crippen LogP contribution < -0.4 is 21.3 Å². The number of amides is 4. The zero-order valence-electron chi connectivity index (χ0n) is 61.8. The molecule has 5 aliphatic carbocycles. The lowest BCUT2D eigenvalue weighted by Crippen LogP contribution is -2.50. The lowest BCUT2D eigenvalue weighted by molar-refractivity contribution is -0.126. The van der Waals surface area contributed by atoms with Gasteiger partial charge >= 0.3 is 33.0 Å². The number of benzene rings is 1. The van der Waals surface area contributed by atoms with Gasteiger partial charge < -0.3 is 21.3 Å². The van der Waals surface area contributed by atoms with E-state index in [4.69, 9.17) is 0 Å². The lowest BCUT2D eigenvalue weighted by Gasteiger charge is -2.34. The van der Waals surface area contributed by atoms with Gasteiger partial charge in [-0.1, -0.05) is 80.4 Å². The molecule has 10 unspecified atom stereocenters. The number of alkyl halides is 18. The highest BCUT2D eigenvalue weighted by atomic mass is 32.3. The van der Waals surface area contributed by atoms with Crippen molar-refractivity contribution in [2.24, 2.45) is 65.1 Å². The molecule has 5 saturated carbocycles. The number of sulfone groups is 8. The van der Waals surface area contributed by atoms with E-state index in [9.17, 15) is 166 Å². The molecule has 5 aliphatic rings. The normalized spacial score (nSPS) is 22.6. The Morgan fingerprint density at radius 3 is 0.982 bits per heavy atom. The van der Waals surface area contributed by atoms with E-state index in [0.29, 0.717) is 55.6 Å². The number of fused-ring (bicyclic) bond motifs is 4. The molecule has 4 amide bonds. The van der Waals surface area contributed by atoms with Gasteiger partial charge in [0.25, 0.3) is 59.0 Å². The van der Waals surface area contributed by atoms with Crippen molar-refractivity contribution in [2.75, 3.05) is 31.9 Å². The maximum absolute atomic E-state index is 12.9. The summed E-state index contributed by atoms with van der Waals surface area (Å²) < 4.78 is 403. The number of rotatable bonds is 23. The number of nitrogens with one attached hydrogen (secondary N) is 4. The fourth-order valence-corrected chi connectivity index (χ4v) is 28.3. The quantitative estimate of drug-likeness (QED) is 0.0739. The molecule has 1 aromatic carbocycles. The van der Waals surface area contributed by atoms with Crippen LogP contribution in [-0.2, 0) is 97.9 Å². The van der Waals surface area contributed by atoms with Crippen LogP contribution >= 0.6 is 0 Å². The molecular formula is C61H94F18N4O20S8. The second-order valence-electron chi connectivity index (χ2n) is 27.8. The van der Waals surface area contributed by atoms with Gasteiger partial charge in [-0.3, -0.25) is 19.2 Å². The highest BCUT2D eigenvalue weighted by molar-refractivity contribution is 8.11. The SMILES string of the molecule is CCC(C)C(=O)NC.CCC(C)C(=O)NC.CCC(C)C(=O)NC1CCC(C(S(=O)(=O)C(F)(F)F)S(=O)(=O)C(F)(F)F)CC1.CCC(C)C(=O)Nc1ccc(C(S(=O)(=O)C(F)(F)F)S(=O)(=O)C(F)(F)F)cc1.CS(=O)(=O)C(CC1CC2CCC1C2)S(C)(=O)=O.O=S(=O)(C(C1CC2CCC1C2)S(=O)(=O)C(F)(F)F)C(F)(F)F. The highest BCUT2D eigenvalue weighted by Gasteiger charge is 2.69. The Morgan fingerprint density at radius 2 is 0.712 bits per heavy atom. The van der Waals surface area contributed by atoms with Crippen LogP contribution in [0.4, 0.5) is 84.7 Å². The first-order chi connectivity index (χ1) is 49.7. The standard InChI is InChI=1S/C14H21F6NO5S2.C14H15F6NO5S2.C11H20O4S2.C10H12F6O4S2.2C6H13NO/c2*1-3-8(2)11(22)21-10-6-4-9(5-7-10)12(27(23,24)13(15,16)17)28(25,26)14(18,19)20;1-16(12,13)11(17(2,14)15)7-10-6-8-3-4-9(10)5-8;11-9(12,13)21(17,18)8(22(19,20)10(14,15)16)7-4-5-1-2-6(7)3-5;2*1-4-5(2)6(8)7-3/h8-10,12H,3-7H2,1-2H3,(H,21,22);4-8,12H,3H2,1-2H3,(H,21,22);8-11H,3-7H2,1-2H3;5-8H,1-4H2;2*5H,4H2,1-3H3,(H,7,8). The Balaban J connectivity index is 0.000000700. The second-order valence-corrected chi connectivity index (χ2v) is 45.8. The molecule has 0 aromatic heterocycles. The summed E-state index contributed by atoms with van der Waals surface area (Å²) in [6.45, 7) is 14.5. The van der Waals surface area contributed by atoms with Crippen molar-refractivity contribution in [2.45, 2.75) is 222 Å². The van der Waals surface area contributed by atoms with Gasteiger partial charge in [-0.15, -0.1) is 0 Å². The molecule has 4 bridgehead atoms. The van der Waals surface area contributed by atoms with Gasteiger partial charge in [0, 0.05) is 62.0 Å². The number of carbonyl (C=O) groups is 4. The van der Waals surface area contributed by atoms with Crippen molar-refractivity contribution in [1.29, 1.82) is 0 Å². The minimum atomic E-state index is -6.78. The van der Waals surface area contributed by atoms with Gasteiger partial charge in [0.15, 0.2) is 33.4 Å². The van der Waals surface area contributed by atoms with Crippen molar-refractivity contribution < 1.29 is 166 Å². The second kappa shape index (κ2) is 39.6. The van der Waals surface area contributed by atoms with Crippen LogP contribution in [0, 0.1) is 65.1 Å². The largest absolute Gasteiger partial charge is 0.499 e. The molecule has 0 saturated heterocycles. The Bertz CT molecular complexity index is 4070. The maximum Gasteiger partial charge on any atom is 0.499 e. The van der Waals surface area contributed by atoms with Gasteiger partial charge in [-0.05, 0) is 155 Å². The number of hydrogen-bond acceptors (Lipinski definition) is 20. The van der Waals surface area contributed by atoms with Crippen molar-refractivity contribution in [3.8, 4) is 0 Å². The molecule has 0 spiro atoms. The minimum absolute atomic E-state index is 0.0680. The molecule has 10 atom stereocenters. The van der Waals surface area contributed by atoms with Crippen molar-refractivity contribution >= 4 is 108 Å². The van der Waals surface area contributed by atoms with Crippen LogP contribution in [0.5, 0.6) is 0 Å². The van der Waals surface area contributed by atoms with Gasteiger partial charge in [0.05, 0.1) is 0 Å². The third kappa shape index (κ3) is 27.3. The van der Waals surface area contributed by atoms with Crippen LogP contribution in [0.3, 0.4) is 0 Å². The van der Waals surface area contributed by atoms with Gasteiger partial charge in [0.2, 0.25) is 28.2 Å². The highest BCUT2D eigenvalue weighted by Crippen LogP contribution is 2.55. The maximum atomic E-state index is 12.9. The van der Waals surface area contributed by atoms with Gasteiger partial charge in [-0.2, -0.15) is 79.0 Å². The molecular weight excluding hydrogens is 1710 g/mol. The van der Waals surface area contributed by atoms with E-state index in [1.807, 2.05) is 27.7 Å². The molecule has 0 aliphatic heterocycles. The van der Waals surface area contributed by atoms with E-state index >= 15 is 0 Å². The Kier molecular flexibility index (Phi) is 37.3. The fourth-order valence-electron chi connectivity index (χ4n) is 12.9. The number of halogens is 18. The topological polar surface area (TPSA) is 390 Å². The van der Waals surface area contributed by atoms with E-state index in [-0.39, 0.29) is 79.2 Å². The summed E-state index contributed by atoms with van der Waals surface area (Å²) in [7, 11) is -43.5. The fraction of sp³-hybridized carbons (Fsp3) is 0.836. The first kappa shape index (κ1) is 104. The summed E-state index contributed by atoms with van der Waals surface area (Å²) >= 11 is 0. The van der Waals surface area contributed by atoms with E-state index in [0.717, 1.165) is 50.3 Å². The summed E-state index contributed by atoms with van der Waals surface area (Å²) in [5.74, 6) is -4.03. The Labute approximate surface area is 634 Å². The number of anilines is 1. The molecule has 652 valence electrons. The summed E-state index contributed by atoms with van der Waals surface area (Å²) in [5, 5.41) is 10.1. The number of hydrogen-bond donors (Lipinski definition) is 4. The van der Waals surface area contributed by atoms with Crippen molar-refractivity contribution in [3.63, 3.8) is 0 Å². The first-order valence-electron chi connectivity index (χ1n) is 34.1. The summed E-state index contributed by atoms with van der Waals surface area (Å²) in [6.07, 6.45) is 9.24. The van der Waals surface area contributed by atoms with Gasteiger partial charge in [0.1, 0.15) is 0 Å². The van der Waals surface area contributed by atoms with Crippen LogP contribution in [0.15, 0.2) is 24.3 Å². The predicted molar refractivity (Wildman–Crippen MR) is 371 cm³/mol. The summed E-state index contributed by atoms with van der Waals surface area (Å²) in [4.78, 5) is 44.8. The van der Waals surface area contributed by atoms with E-state index in [2.05, 4.69) is 21.3 Å². The van der Waals surface area contributed by atoms with Crippen LogP contribution in [0.25, 0.3) is 0 Å². The molecule has 1 aromatic rings. The summed E-state index contributed by atoms with van der Waals surface area (Å²) in [5.41, 5.74) is -38.3. The molecule has 5 fully saturated rings. The minimum Gasteiger partial charge on any atom is -0.359 e. The van der Waals surface area contributed by atoms with Crippen LogP contribution in [0.1, 0.15) is 175 Å². The zero-order chi connectivity index (χ0) is 87.4. The number of carbonyl (C=O) groups excluding carboxylic acids is 4. The Hall–Kier alpha value is -4.56. The average molecular weight is 1800 g/mol. The molecule has 6 rings (SSSR count). The molecule has 50 heteroatoms. The third-order valence-corrected chi connectivity index (χ3v) is 38.3. The van der Waals surface area contributed by atoms with Gasteiger partial charge in [-0.25, -0.2) is 67.3 Å². The Morgan fingerprint density at radius 1 is 0.396 bits per heavy atom. The summed E-state index contributed by atoms with van der Waals surface area (Å²) in [6, 6.07) is 1.95. The average Bonchev–Trinajstić information content (AvgIpc) is 1.35.